The van der Waals surface area contributed by atoms with Crippen LogP contribution in [0.25, 0.3) is 0 Å². The molecule has 2 rings (SSSR count). The van der Waals surface area contributed by atoms with E-state index in [1.54, 1.807) is 11.8 Å². The van der Waals surface area contributed by atoms with E-state index in [1.807, 2.05) is 30.5 Å². The molecule has 1 aliphatic carbocycles. The number of carbonyl (C=O) groups excluding carboxylic acids is 1. The number of anilines is 1. The molecule has 4 heteroatoms. The molecule has 1 saturated carbocycles. The van der Waals surface area contributed by atoms with Gasteiger partial charge in [-0.3, -0.25) is 0 Å². The average molecular weight is 278 g/mol. The molecule has 0 saturated heterocycles. The van der Waals surface area contributed by atoms with Gasteiger partial charge in [-0.15, -0.1) is 11.8 Å². The summed E-state index contributed by atoms with van der Waals surface area (Å²) >= 11 is 1.70. The van der Waals surface area contributed by atoms with E-state index in [4.69, 9.17) is 0 Å². The van der Waals surface area contributed by atoms with Gasteiger partial charge in [0, 0.05) is 16.6 Å². The third kappa shape index (κ3) is 4.46. The lowest BCUT2D eigenvalue weighted by Gasteiger charge is -2.27. The summed E-state index contributed by atoms with van der Waals surface area (Å²) in [6, 6.07) is 8.15. The standard InChI is InChI=1S/C15H22N2OS/c1-11-4-3-5-13(10-11)17-15(18)16-12-6-8-14(19-2)9-7-12/h6-9,11,13H,3-5,10H2,1-2H3,(H2,16,17,18). The number of urea groups is 1. The summed E-state index contributed by atoms with van der Waals surface area (Å²) in [5.41, 5.74) is 0.846. The van der Waals surface area contributed by atoms with Crippen LogP contribution in [-0.2, 0) is 0 Å². The van der Waals surface area contributed by atoms with Crippen LogP contribution in [0.3, 0.4) is 0 Å². The Morgan fingerprint density at radius 3 is 2.63 bits per heavy atom. The van der Waals surface area contributed by atoms with Crippen molar-refractivity contribution in [1.29, 1.82) is 0 Å². The van der Waals surface area contributed by atoms with Crippen LogP contribution >= 0.6 is 11.8 Å². The quantitative estimate of drug-likeness (QED) is 0.817. The molecular formula is C15H22N2OS. The maximum atomic E-state index is 11.9. The van der Waals surface area contributed by atoms with Crippen LogP contribution < -0.4 is 10.6 Å². The fourth-order valence-corrected chi connectivity index (χ4v) is 3.00. The second-order valence-electron chi connectivity index (χ2n) is 5.30. The molecule has 1 aromatic rings. The van der Waals surface area contributed by atoms with Crippen LogP contribution in [-0.4, -0.2) is 18.3 Å². The molecule has 0 aromatic heterocycles. The SMILES string of the molecule is CSc1ccc(NC(=O)NC2CCCC(C)C2)cc1. The summed E-state index contributed by atoms with van der Waals surface area (Å²) in [6.07, 6.45) is 6.74. The van der Waals surface area contributed by atoms with E-state index in [0.29, 0.717) is 6.04 Å². The topological polar surface area (TPSA) is 41.1 Å². The summed E-state index contributed by atoms with van der Waals surface area (Å²) in [6.45, 7) is 2.26. The van der Waals surface area contributed by atoms with E-state index in [9.17, 15) is 4.79 Å². The lowest BCUT2D eigenvalue weighted by molar-refractivity contribution is 0.238. The number of nitrogens with one attached hydrogen (secondary N) is 2. The Morgan fingerprint density at radius 2 is 2.00 bits per heavy atom. The van der Waals surface area contributed by atoms with Gasteiger partial charge >= 0.3 is 6.03 Å². The first-order valence-electron chi connectivity index (χ1n) is 6.89. The van der Waals surface area contributed by atoms with Crippen molar-refractivity contribution in [3.63, 3.8) is 0 Å². The number of thioether (sulfide) groups is 1. The summed E-state index contributed by atoms with van der Waals surface area (Å²) in [5, 5.41) is 5.97. The van der Waals surface area contributed by atoms with Crippen molar-refractivity contribution in [2.24, 2.45) is 5.92 Å². The fourth-order valence-electron chi connectivity index (χ4n) is 2.59. The Balaban J connectivity index is 1.83. The molecule has 2 atom stereocenters. The van der Waals surface area contributed by atoms with E-state index in [1.165, 1.54) is 17.7 Å². The van der Waals surface area contributed by atoms with Crippen LogP contribution in [0, 0.1) is 5.92 Å². The highest BCUT2D eigenvalue weighted by Gasteiger charge is 2.20. The Labute approximate surface area is 119 Å². The van der Waals surface area contributed by atoms with Gasteiger partial charge in [-0.05, 0) is 49.3 Å². The number of hydrogen-bond acceptors (Lipinski definition) is 2. The summed E-state index contributed by atoms with van der Waals surface area (Å²) < 4.78 is 0. The van der Waals surface area contributed by atoms with E-state index < -0.39 is 0 Å². The molecule has 0 heterocycles. The largest absolute Gasteiger partial charge is 0.335 e. The van der Waals surface area contributed by atoms with Crippen molar-refractivity contribution in [1.82, 2.24) is 5.32 Å². The highest BCUT2D eigenvalue weighted by Crippen LogP contribution is 2.23. The molecule has 0 spiro atoms. The third-order valence-electron chi connectivity index (χ3n) is 3.62. The van der Waals surface area contributed by atoms with Crippen molar-refractivity contribution < 1.29 is 4.79 Å². The maximum Gasteiger partial charge on any atom is 0.319 e. The molecular weight excluding hydrogens is 256 g/mol. The van der Waals surface area contributed by atoms with Gasteiger partial charge in [0.1, 0.15) is 0 Å². The van der Waals surface area contributed by atoms with Gasteiger partial charge in [0.05, 0.1) is 0 Å². The first kappa shape index (κ1) is 14.3. The molecule has 19 heavy (non-hydrogen) atoms. The normalized spacial score (nSPS) is 22.8. The zero-order chi connectivity index (χ0) is 13.7. The Hall–Kier alpha value is -1.16. The Bertz CT molecular complexity index is 419. The van der Waals surface area contributed by atoms with Crippen molar-refractivity contribution in [2.75, 3.05) is 11.6 Å². The highest BCUT2D eigenvalue weighted by atomic mass is 32.2. The summed E-state index contributed by atoms with van der Waals surface area (Å²) in [4.78, 5) is 13.1. The molecule has 3 nitrogen and oxygen atoms in total. The second-order valence-corrected chi connectivity index (χ2v) is 6.18. The second kappa shape index (κ2) is 6.85. The molecule has 2 unspecified atom stereocenters. The number of amides is 2. The predicted octanol–water partition coefficient (Wildman–Crippen LogP) is 4.11. The van der Waals surface area contributed by atoms with Crippen molar-refractivity contribution >= 4 is 23.5 Å². The van der Waals surface area contributed by atoms with Crippen molar-refractivity contribution in [3.8, 4) is 0 Å². The third-order valence-corrected chi connectivity index (χ3v) is 4.36. The fraction of sp³-hybridized carbons (Fsp3) is 0.533. The molecule has 0 aliphatic heterocycles. The van der Waals surface area contributed by atoms with Crippen LogP contribution in [0.15, 0.2) is 29.2 Å². The minimum Gasteiger partial charge on any atom is -0.335 e. The Morgan fingerprint density at radius 1 is 1.26 bits per heavy atom. The minimum absolute atomic E-state index is 0.0870. The monoisotopic (exact) mass is 278 g/mol. The van der Waals surface area contributed by atoms with E-state index in [-0.39, 0.29) is 6.03 Å². The number of hydrogen-bond donors (Lipinski definition) is 2. The van der Waals surface area contributed by atoms with Gasteiger partial charge < -0.3 is 10.6 Å². The molecule has 1 fully saturated rings. The molecule has 0 bridgehead atoms. The molecule has 1 aromatic carbocycles. The van der Waals surface area contributed by atoms with Crippen LogP contribution in [0.1, 0.15) is 32.6 Å². The maximum absolute atomic E-state index is 11.9. The van der Waals surface area contributed by atoms with Gasteiger partial charge in [0.25, 0.3) is 0 Å². The first-order chi connectivity index (χ1) is 9.17. The van der Waals surface area contributed by atoms with Crippen molar-refractivity contribution in [2.45, 2.75) is 43.5 Å². The lowest BCUT2D eigenvalue weighted by Crippen LogP contribution is -2.40. The van der Waals surface area contributed by atoms with E-state index in [2.05, 4.69) is 17.6 Å². The molecule has 2 N–H and O–H groups in total. The van der Waals surface area contributed by atoms with Gasteiger partial charge in [-0.25, -0.2) is 4.79 Å². The first-order valence-corrected chi connectivity index (χ1v) is 8.11. The highest BCUT2D eigenvalue weighted by molar-refractivity contribution is 7.98. The summed E-state index contributed by atoms with van der Waals surface area (Å²) in [5.74, 6) is 0.722. The molecule has 2 amide bonds. The lowest BCUT2D eigenvalue weighted by atomic mass is 9.87. The van der Waals surface area contributed by atoms with Gasteiger partial charge in [-0.1, -0.05) is 19.8 Å². The van der Waals surface area contributed by atoms with Gasteiger partial charge in [-0.2, -0.15) is 0 Å². The average Bonchev–Trinajstić information content (AvgIpc) is 2.39. The van der Waals surface area contributed by atoms with Crippen molar-refractivity contribution in [3.05, 3.63) is 24.3 Å². The van der Waals surface area contributed by atoms with Gasteiger partial charge in [0.15, 0.2) is 0 Å². The zero-order valence-corrected chi connectivity index (χ0v) is 12.4. The van der Waals surface area contributed by atoms with E-state index in [0.717, 1.165) is 24.4 Å². The minimum atomic E-state index is -0.0870. The smallest absolute Gasteiger partial charge is 0.319 e. The van der Waals surface area contributed by atoms with Crippen LogP contribution in [0.2, 0.25) is 0 Å². The number of benzene rings is 1. The molecule has 0 radical (unpaired) electrons. The van der Waals surface area contributed by atoms with Gasteiger partial charge in [0.2, 0.25) is 0 Å². The Kier molecular flexibility index (Phi) is 5.14. The number of carbonyl (C=O) groups is 1. The zero-order valence-electron chi connectivity index (χ0n) is 11.6. The molecule has 104 valence electrons. The summed E-state index contributed by atoms with van der Waals surface area (Å²) in [7, 11) is 0. The predicted molar refractivity (Wildman–Crippen MR) is 81.8 cm³/mol. The number of rotatable bonds is 3. The van der Waals surface area contributed by atoms with Crippen LogP contribution in [0.4, 0.5) is 10.5 Å². The van der Waals surface area contributed by atoms with E-state index >= 15 is 0 Å². The molecule has 1 aliphatic rings. The van der Waals surface area contributed by atoms with Crippen LogP contribution in [0.5, 0.6) is 0 Å².